The number of carbonyl (C=O) groups excluding carboxylic acids is 1. The fraction of sp³-hybridized carbons (Fsp3) is 0.640. The summed E-state index contributed by atoms with van der Waals surface area (Å²) in [7, 11) is 1.97. The SMILES string of the molecule is CNc1cc2c(cc1C)CC(C)(C)N/C2=C\C(=O)C12CC3CC(CC(C3)C1)C2. The number of hydrogen-bond donors (Lipinski definition) is 2. The average Bonchev–Trinajstić information content (AvgIpc) is 2.59. The van der Waals surface area contributed by atoms with Crippen molar-refractivity contribution in [3.8, 4) is 0 Å². The van der Waals surface area contributed by atoms with Crippen LogP contribution in [0.1, 0.15) is 69.1 Å². The van der Waals surface area contributed by atoms with Crippen molar-refractivity contribution in [1.82, 2.24) is 5.32 Å². The highest BCUT2D eigenvalue weighted by Crippen LogP contribution is 2.60. The van der Waals surface area contributed by atoms with Gasteiger partial charge in [-0.1, -0.05) is 6.07 Å². The number of fused-ring (bicyclic) bond motifs is 1. The van der Waals surface area contributed by atoms with E-state index in [4.69, 9.17) is 0 Å². The zero-order chi connectivity index (χ0) is 19.7. The first kappa shape index (κ1) is 18.3. The number of aryl methyl sites for hydroxylation is 1. The smallest absolute Gasteiger partial charge is 0.163 e. The van der Waals surface area contributed by atoms with Crippen molar-refractivity contribution in [1.29, 1.82) is 0 Å². The molecule has 1 aromatic rings. The lowest BCUT2D eigenvalue weighted by Gasteiger charge is -2.55. The number of anilines is 1. The zero-order valence-corrected chi connectivity index (χ0v) is 17.8. The van der Waals surface area contributed by atoms with E-state index in [9.17, 15) is 4.79 Å². The summed E-state index contributed by atoms with van der Waals surface area (Å²) in [6.07, 6.45) is 10.5. The van der Waals surface area contributed by atoms with E-state index in [1.165, 1.54) is 36.0 Å². The van der Waals surface area contributed by atoms with Crippen molar-refractivity contribution >= 4 is 17.2 Å². The Bertz CT molecular complexity index is 828. The van der Waals surface area contributed by atoms with Crippen molar-refractivity contribution in [2.24, 2.45) is 23.2 Å². The van der Waals surface area contributed by atoms with Crippen LogP contribution in [0.2, 0.25) is 0 Å². The normalized spacial score (nSPS) is 36.1. The number of carbonyl (C=O) groups is 1. The molecule has 3 heteroatoms. The molecule has 4 aliphatic carbocycles. The van der Waals surface area contributed by atoms with Gasteiger partial charge in [0, 0.05) is 41.0 Å². The highest BCUT2D eigenvalue weighted by Gasteiger charge is 2.54. The zero-order valence-electron chi connectivity index (χ0n) is 17.8. The molecule has 150 valence electrons. The molecule has 0 saturated heterocycles. The molecule has 6 rings (SSSR count). The largest absolute Gasteiger partial charge is 0.388 e. The van der Waals surface area contributed by atoms with E-state index in [0.29, 0.717) is 5.78 Å². The predicted octanol–water partition coefficient (Wildman–Crippen LogP) is 5.09. The fourth-order valence-corrected chi connectivity index (χ4v) is 7.20. The summed E-state index contributed by atoms with van der Waals surface area (Å²) in [5.41, 5.74) is 5.90. The maximum absolute atomic E-state index is 13.7. The van der Waals surface area contributed by atoms with Gasteiger partial charge in [-0.25, -0.2) is 0 Å². The standard InChI is InChI=1S/C25H34N2O/c1-15-5-19-14-24(2,3)27-22(20(19)9-21(15)26-4)10-23(28)25-11-16-6-17(12-25)8-18(7-16)13-25/h5,9-10,16-18,26-27H,6-8,11-14H2,1-4H3/b22-10-. The summed E-state index contributed by atoms with van der Waals surface area (Å²) in [5.74, 6) is 2.80. The summed E-state index contributed by atoms with van der Waals surface area (Å²) in [5, 5.41) is 7.00. The molecule has 4 bridgehead atoms. The molecule has 28 heavy (non-hydrogen) atoms. The molecule has 3 nitrogen and oxygen atoms in total. The quantitative estimate of drug-likeness (QED) is 0.720. The van der Waals surface area contributed by atoms with Crippen molar-refractivity contribution in [2.75, 3.05) is 12.4 Å². The number of allylic oxidation sites excluding steroid dienone is 1. The Balaban J connectivity index is 1.54. The van der Waals surface area contributed by atoms with Gasteiger partial charge in [0.15, 0.2) is 5.78 Å². The Hall–Kier alpha value is -1.77. The van der Waals surface area contributed by atoms with Gasteiger partial charge in [-0.2, -0.15) is 0 Å². The molecule has 0 spiro atoms. The third kappa shape index (κ3) is 2.89. The second-order valence-electron chi connectivity index (χ2n) is 10.9. The Labute approximate surface area is 169 Å². The number of hydrogen-bond acceptors (Lipinski definition) is 3. The van der Waals surface area contributed by atoms with Gasteiger partial charge in [0.25, 0.3) is 0 Å². The maximum atomic E-state index is 13.7. The molecular formula is C25H34N2O. The Kier molecular flexibility index (Phi) is 3.99. The highest BCUT2D eigenvalue weighted by atomic mass is 16.1. The molecule has 0 amide bonds. The van der Waals surface area contributed by atoms with E-state index in [2.05, 4.69) is 43.5 Å². The van der Waals surface area contributed by atoms with E-state index in [0.717, 1.165) is 54.8 Å². The third-order valence-electron chi connectivity index (χ3n) is 7.95. The minimum atomic E-state index is -0.0677. The number of benzene rings is 1. The average molecular weight is 379 g/mol. The Morgan fingerprint density at radius 2 is 1.71 bits per heavy atom. The second-order valence-corrected chi connectivity index (χ2v) is 10.9. The summed E-state index contributed by atoms with van der Waals surface area (Å²) in [6.45, 7) is 6.63. The molecule has 0 radical (unpaired) electrons. The number of rotatable bonds is 3. The van der Waals surface area contributed by atoms with Crippen LogP contribution in [0.25, 0.3) is 5.70 Å². The molecule has 1 heterocycles. The first-order chi connectivity index (χ1) is 13.3. The van der Waals surface area contributed by atoms with E-state index in [1.807, 2.05) is 13.1 Å². The lowest BCUT2D eigenvalue weighted by molar-refractivity contribution is -0.138. The van der Waals surface area contributed by atoms with Crippen molar-refractivity contribution < 1.29 is 4.79 Å². The first-order valence-corrected chi connectivity index (χ1v) is 11.1. The summed E-state index contributed by atoms with van der Waals surface area (Å²) in [4.78, 5) is 13.7. The molecule has 4 fully saturated rings. The van der Waals surface area contributed by atoms with Gasteiger partial charge >= 0.3 is 0 Å². The molecular weight excluding hydrogens is 344 g/mol. The van der Waals surface area contributed by atoms with Gasteiger partial charge in [-0.05, 0) is 101 Å². The topological polar surface area (TPSA) is 41.1 Å². The van der Waals surface area contributed by atoms with Crippen molar-refractivity contribution in [2.45, 2.75) is 71.3 Å². The van der Waals surface area contributed by atoms with Crippen LogP contribution < -0.4 is 10.6 Å². The van der Waals surface area contributed by atoms with Crippen LogP contribution in [-0.2, 0) is 11.2 Å². The van der Waals surface area contributed by atoms with Crippen LogP contribution in [-0.4, -0.2) is 18.4 Å². The lowest BCUT2D eigenvalue weighted by Crippen LogP contribution is -2.50. The van der Waals surface area contributed by atoms with Crippen LogP contribution >= 0.6 is 0 Å². The monoisotopic (exact) mass is 378 g/mol. The summed E-state index contributed by atoms with van der Waals surface area (Å²) >= 11 is 0. The fourth-order valence-electron chi connectivity index (χ4n) is 7.20. The van der Waals surface area contributed by atoms with Gasteiger partial charge in [-0.3, -0.25) is 4.79 Å². The van der Waals surface area contributed by atoms with Gasteiger partial charge in [0.05, 0.1) is 0 Å². The lowest BCUT2D eigenvalue weighted by atomic mass is 9.48. The molecule has 0 aromatic heterocycles. The Morgan fingerprint density at radius 1 is 1.11 bits per heavy atom. The van der Waals surface area contributed by atoms with E-state index in [-0.39, 0.29) is 11.0 Å². The second kappa shape index (κ2) is 6.11. The molecule has 1 aliphatic heterocycles. The van der Waals surface area contributed by atoms with Gasteiger partial charge in [0.1, 0.15) is 0 Å². The van der Waals surface area contributed by atoms with E-state index < -0.39 is 0 Å². The molecule has 1 aromatic carbocycles. The van der Waals surface area contributed by atoms with Crippen LogP contribution in [0, 0.1) is 30.1 Å². The minimum absolute atomic E-state index is 0.0335. The molecule has 0 unspecified atom stereocenters. The van der Waals surface area contributed by atoms with Crippen molar-refractivity contribution in [3.63, 3.8) is 0 Å². The van der Waals surface area contributed by atoms with Crippen LogP contribution in [0.3, 0.4) is 0 Å². The van der Waals surface area contributed by atoms with Gasteiger partial charge < -0.3 is 10.6 Å². The van der Waals surface area contributed by atoms with E-state index in [1.54, 1.807) is 0 Å². The third-order valence-corrected chi connectivity index (χ3v) is 7.95. The highest BCUT2D eigenvalue weighted by molar-refractivity contribution is 6.01. The number of nitrogens with one attached hydrogen (secondary N) is 2. The predicted molar refractivity (Wildman–Crippen MR) is 115 cm³/mol. The van der Waals surface area contributed by atoms with Gasteiger partial charge in [0.2, 0.25) is 0 Å². The van der Waals surface area contributed by atoms with E-state index >= 15 is 0 Å². The molecule has 0 atom stereocenters. The first-order valence-electron chi connectivity index (χ1n) is 11.1. The Morgan fingerprint density at radius 3 is 2.29 bits per heavy atom. The number of ketones is 1. The molecule has 2 N–H and O–H groups in total. The van der Waals surface area contributed by atoms with Crippen LogP contribution in [0.15, 0.2) is 18.2 Å². The van der Waals surface area contributed by atoms with Crippen molar-refractivity contribution in [3.05, 3.63) is 34.9 Å². The van der Waals surface area contributed by atoms with Crippen LogP contribution in [0.4, 0.5) is 5.69 Å². The molecule has 4 saturated carbocycles. The summed E-state index contributed by atoms with van der Waals surface area (Å²) < 4.78 is 0. The van der Waals surface area contributed by atoms with Crippen LogP contribution in [0.5, 0.6) is 0 Å². The maximum Gasteiger partial charge on any atom is 0.163 e. The minimum Gasteiger partial charge on any atom is -0.388 e. The summed E-state index contributed by atoms with van der Waals surface area (Å²) in [6, 6.07) is 4.53. The van der Waals surface area contributed by atoms with Gasteiger partial charge in [-0.15, -0.1) is 0 Å². The molecule has 5 aliphatic rings.